The molecule has 76 valence electrons. The lowest BCUT2D eigenvalue weighted by atomic mass is 10.5. The van der Waals surface area contributed by atoms with Crippen LogP contribution < -0.4 is 0 Å². The van der Waals surface area contributed by atoms with Crippen LogP contribution in [0.1, 0.15) is 13.3 Å². The fraction of sp³-hybridized carbons (Fsp3) is 0.571. The Morgan fingerprint density at radius 3 is 2.38 bits per heavy atom. The van der Waals surface area contributed by atoms with Crippen LogP contribution in [0.5, 0.6) is 0 Å². The highest BCUT2D eigenvalue weighted by atomic mass is 32.2. The van der Waals surface area contributed by atoms with Crippen molar-refractivity contribution in [3.63, 3.8) is 0 Å². The Morgan fingerprint density at radius 1 is 1.54 bits per heavy atom. The summed E-state index contributed by atoms with van der Waals surface area (Å²) in [7, 11) is -3.67. The number of nitrogens with zero attached hydrogens (tertiary/aromatic N) is 2. The first-order valence-electron chi connectivity index (χ1n) is 3.81. The number of aromatic nitrogens is 2. The van der Waals surface area contributed by atoms with Gasteiger partial charge in [0.2, 0.25) is 0 Å². The van der Waals surface area contributed by atoms with Crippen molar-refractivity contribution in [2.75, 3.05) is 6.26 Å². The third-order valence-electron chi connectivity index (χ3n) is 1.04. The predicted octanol–water partition coefficient (Wildman–Crippen LogP) is 0.797. The molecule has 0 aliphatic carbocycles. The number of hydrogen-bond acceptors (Lipinski definition) is 3. The summed E-state index contributed by atoms with van der Waals surface area (Å²) in [5.74, 6) is 0. The first kappa shape index (κ1) is 12.1. The molecule has 0 unspecified atom stereocenters. The van der Waals surface area contributed by atoms with E-state index >= 15 is 0 Å². The Hall–Kier alpha value is -0.880. The topological polar surface area (TPSA) is 72.2 Å². The molecular weight excluding hydrogens is 192 g/mol. The molecule has 13 heavy (non-hydrogen) atoms. The third kappa shape index (κ3) is 11.1. The van der Waals surface area contributed by atoms with E-state index in [1.165, 1.54) is 6.42 Å². The molecule has 1 aromatic heterocycles. The fourth-order valence-corrected chi connectivity index (χ4v) is 0.677. The number of imidazole rings is 1. The Kier molecular flexibility index (Phi) is 5.33. The van der Waals surface area contributed by atoms with Crippen LogP contribution in [-0.2, 0) is 16.7 Å². The van der Waals surface area contributed by atoms with Gasteiger partial charge in [-0.05, 0) is 6.42 Å². The van der Waals surface area contributed by atoms with E-state index in [2.05, 4.69) is 16.5 Å². The van der Waals surface area contributed by atoms with Crippen LogP contribution in [0.25, 0.3) is 0 Å². The van der Waals surface area contributed by atoms with Gasteiger partial charge >= 0.3 is 0 Å². The van der Waals surface area contributed by atoms with Gasteiger partial charge in [0, 0.05) is 18.9 Å². The monoisotopic (exact) mass is 206 g/mol. The molecule has 1 heterocycles. The molecule has 0 atom stereocenters. The molecule has 6 heteroatoms. The largest absolute Gasteiger partial charge is 0.338 e. The second kappa shape index (κ2) is 5.71. The molecular formula is C7H14N2O3S. The summed E-state index contributed by atoms with van der Waals surface area (Å²) in [5.41, 5.74) is 0. The zero-order chi connectivity index (χ0) is 10.3. The SMILES string of the molecule is CCCn1ccnc1.CS(=O)(=O)O. The molecule has 0 saturated heterocycles. The van der Waals surface area contributed by atoms with E-state index in [9.17, 15) is 8.42 Å². The highest BCUT2D eigenvalue weighted by Crippen LogP contribution is 1.87. The Bertz CT molecular complexity index is 296. The maximum Gasteiger partial charge on any atom is 0.261 e. The van der Waals surface area contributed by atoms with Gasteiger partial charge in [-0.25, -0.2) is 4.98 Å². The van der Waals surface area contributed by atoms with Crippen LogP contribution in [0.3, 0.4) is 0 Å². The van der Waals surface area contributed by atoms with E-state index in [0.717, 1.165) is 6.54 Å². The van der Waals surface area contributed by atoms with Crippen LogP contribution in [0, 0.1) is 0 Å². The van der Waals surface area contributed by atoms with Gasteiger partial charge in [0.25, 0.3) is 10.1 Å². The molecule has 0 amide bonds. The average molecular weight is 206 g/mol. The smallest absolute Gasteiger partial charge is 0.261 e. The van der Waals surface area contributed by atoms with Crippen molar-refractivity contribution in [1.82, 2.24) is 9.55 Å². The van der Waals surface area contributed by atoms with E-state index < -0.39 is 10.1 Å². The van der Waals surface area contributed by atoms with Gasteiger partial charge in [0.05, 0.1) is 12.6 Å². The number of rotatable bonds is 2. The fourth-order valence-electron chi connectivity index (χ4n) is 0.677. The van der Waals surface area contributed by atoms with Crippen LogP contribution in [0.15, 0.2) is 18.7 Å². The van der Waals surface area contributed by atoms with E-state index in [4.69, 9.17) is 4.55 Å². The molecule has 1 aromatic rings. The summed E-state index contributed by atoms with van der Waals surface area (Å²) >= 11 is 0. The minimum Gasteiger partial charge on any atom is -0.338 e. The van der Waals surface area contributed by atoms with Crippen molar-refractivity contribution < 1.29 is 13.0 Å². The van der Waals surface area contributed by atoms with Gasteiger partial charge in [0.1, 0.15) is 0 Å². The van der Waals surface area contributed by atoms with Crippen molar-refractivity contribution >= 4 is 10.1 Å². The average Bonchev–Trinajstić information content (AvgIpc) is 2.36. The Labute approximate surface area is 78.2 Å². The lowest BCUT2D eigenvalue weighted by Crippen LogP contribution is -1.90. The molecule has 1 rings (SSSR count). The lowest BCUT2D eigenvalue weighted by molar-refractivity contribution is 0.490. The van der Waals surface area contributed by atoms with Gasteiger partial charge < -0.3 is 4.57 Å². The van der Waals surface area contributed by atoms with Crippen molar-refractivity contribution in [1.29, 1.82) is 0 Å². The predicted molar refractivity (Wildman–Crippen MR) is 50.0 cm³/mol. The van der Waals surface area contributed by atoms with Gasteiger partial charge in [-0.1, -0.05) is 6.92 Å². The molecule has 0 fully saturated rings. The van der Waals surface area contributed by atoms with E-state index in [1.54, 1.807) is 6.20 Å². The van der Waals surface area contributed by atoms with E-state index in [1.807, 2.05) is 12.5 Å². The van der Waals surface area contributed by atoms with Crippen molar-refractivity contribution in [3.8, 4) is 0 Å². The summed E-state index contributed by atoms with van der Waals surface area (Å²) in [4.78, 5) is 3.90. The minimum atomic E-state index is -3.67. The third-order valence-corrected chi connectivity index (χ3v) is 1.04. The van der Waals surface area contributed by atoms with Gasteiger partial charge in [0.15, 0.2) is 0 Å². The van der Waals surface area contributed by atoms with Crippen LogP contribution in [0.2, 0.25) is 0 Å². The molecule has 1 N–H and O–H groups in total. The van der Waals surface area contributed by atoms with E-state index in [0.29, 0.717) is 6.26 Å². The highest BCUT2D eigenvalue weighted by molar-refractivity contribution is 7.85. The molecule has 0 saturated carbocycles. The van der Waals surface area contributed by atoms with Crippen molar-refractivity contribution in [2.24, 2.45) is 0 Å². The normalized spacial score (nSPS) is 10.4. The van der Waals surface area contributed by atoms with Crippen LogP contribution >= 0.6 is 0 Å². The summed E-state index contributed by atoms with van der Waals surface area (Å²) in [6.07, 6.45) is 7.51. The lowest BCUT2D eigenvalue weighted by Gasteiger charge is -1.93. The first-order valence-corrected chi connectivity index (χ1v) is 5.66. The Morgan fingerprint density at radius 2 is 2.08 bits per heavy atom. The maximum atomic E-state index is 9.19. The summed E-state index contributed by atoms with van der Waals surface area (Å²) in [6, 6.07) is 0. The second-order valence-electron chi connectivity index (χ2n) is 2.53. The van der Waals surface area contributed by atoms with Gasteiger partial charge in [-0.2, -0.15) is 8.42 Å². The summed E-state index contributed by atoms with van der Waals surface area (Å²) in [6.45, 7) is 3.24. The van der Waals surface area contributed by atoms with Crippen molar-refractivity contribution in [2.45, 2.75) is 19.9 Å². The molecule has 0 aromatic carbocycles. The number of hydrogen-bond donors (Lipinski definition) is 1. The molecule has 0 aliphatic heterocycles. The Balaban J connectivity index is 0.000000252. The molecule has 5 nitrogen and oxygen atoms in total. The van der Waals surface area contributed by atoms with Crippen LogP contribution in [0.4, 0.5) is 0 Å². The maximum absolute atomic E-state index is 9.19. The van der Waals surface area contributed by atoms with E-state index in [-0.39, 0.29) is 0 Å². The zero-order valence-corrected chi connectivity index (χ0v) is 8.53. The highest BCUT2D eigenvalue weighted by Gasteiger charge is 1.82. The van der Waals surface area contributed by atoms with Gasteiger partial charge in [-0.15, -0.1) is 0 Å². The molecule has 0 spiro atoms. The molecule has 0 radical (unpaired) electrons. The van der Waals surface area contributed by atoms with Crippen molar-refractivity contribution in [3.05, 3.63) is 18.7 Å². The quantitative estimate of drug-likeness (QED) is 0.726. The summed E-state index contributed by atoms with van der Waals surface area (Å²) in [5, 5.41) is 0. The van der Waals surface area contributed by atoms with Crippen LogP contribution in [-0.4, -0.2) is 28.8 Å². The number of aryl methyl sites for hydroxylation is 1. The van der Waals surface area contributed by atoms with Gasteiger partial charge in [-0.3, -0.25) is 4.55 Å². The zero-order valence-electron chi connectivity index (χ0n) is 7.71. The second-order valence-corrected chi connectivity index (χ2v) is 4.00. The minimum absolute atomic E-state index is 0.715. The summed E-state index contributed by atoms with van der Waals surface area (Å²) < 4.78 is 27.9. The standard InChI is InChI=1S/C6H10N2.CH4O3S/c1-2-4-8-5-3-7-6-8;1-5(2,3)4/h3,5-6H,2,4H2,1H3;1H3,(H,2,3,4). The molecule has 0 bridgehead atoms. The first-order chi connectivity index (χ1) is 5.93. The molecule has 0 aliphatic rings.